The molecule has 1 heterocycles. The van der Waals surface area contributed by atoms with Gasteiger partial charge in [0.2, 0.25) is 0 Å². The monoisotopic (exact) mass is 277 g/mol. The average Bonchev–Trinajstić information content (AvgIpc) is 2.50. The second-order valence-electron chi connectivity index (χ2n) is 5.60. The number of hydrogen-bond donors (Lipinski definition) is 1. The van der Waals surface area contributed by atoms with Gasteiger partial charge < -0.3 is 14.8 Å². The maximum atomic E-state index is 5.94. The van der Waals surface area contributed by atoms with E-state index in [1.54, 1.807) is 0 Å². The summed E-state index contributed by atoms with van der Waals surface area (Å²) in [6.07, 6.45) is 4.18. The van der Waals surface area contributed by atoms with Gasteiger partial charge in [0.15, 0.2) is 0 Å². The molecular weight excluding hydrogens is 250 g/mol. The summed E-state index contributed by atoms with van der Waals surface area (Å²) in [4.78, 5) is 0. The summed E-state index contributed by atoms with van der Waals surface area (Å²) in [5.74, 6) is 0. The lowest BCUT2D eigenvalue weighted by Gasteiger charge is -2.42. The van der Waals surface area contributed by atoms with Crippen molar-refractivity contribution in [1.82, 2.24) is 5.32 Å². The minimum Gasteiger partial charge on any atom is -0.381 e. The largest absolute Gasteiger partial charge is 0.381 e. The smallest absolute Gasteiger partial charge is 0.0916 e. The van der Waals surface area contributed by atoms with E-state index < -0.39 is 0 Å². The summed E-state index contributed by atoms with van der Waals surface area (Å²) >= 11 is 0. The van der Waals surface area contributed by atoms with Crippen LogP contribution in [0.5, 0.6) is 0 Å². The molecule has 1 saturated heterocycles. The number of methoxy groups -OCH3 is 1. The number of rotatable bonds is 6. The van der Waals surface area contributed by atoms with Crippen molar-refractivity contribution < 1.29 is 9.47 Å². The number of nitrogens with one attached hydrogen (secondary N) is 1. The predicted molar refractivity (Wildman–Crippen MR) is 82.0 cm³/mol. The SMILES string of the molecule is CCCc1cccc(C(NC)C2(OC)CCOCC2)c1. The highest BCUT2D eigenvalue weighted by Crippen LogP contribution is 2.37. The molecule has 0 amide bonds. The van der Waals surface area contributed by atoms with E-state index in [1.807, 2.05) is 14.2 Å². The number of hydrogen-bond acceptors (Lipinski definition) is 3. The Morgan fingerprint density at radius 2 is 2.10 bits per heavy atom. The fourth-order valence-corrected chi connectivity index (χ4v) is 3.28. The molecule has 3 heteroatoms. The summed E-state index contributed by atoms with van der Waals surface area (Å²) < 4.78 is 11.5. The summed E-state index contributed by atoms with van der Waals surface area (Å²) in [5.41, 5.74) is 2.57. The molecule has 0 aromatic heterocycles. The van der Waals surface area contributed by atoms with Gasteiger partial charge in [0, 0.05) is 33.2 Å². The molecule has 112 valence electrons. The molecule has 1 aliphatic heterocycles. The van der Waals surface area contributed by atoms with Crippen molar-refractivity contribution >= 4 is 0 Å². The first-order chi connectivity index (χ1) is 9.75. The summed E-state index contributed by atoms with van der Waals surface area (Å²) in [7, 11) is 3.85. The van der Waals surface area contributed by atoms with Gasteiger partial charge in [-0.05, 0) is 24.6 Å². The van der Waals surface area contributed by atoms with Gasteiger partial charge in [-0.2, -0.15) is 0 Å². The van der Waals surface area contributed by atoms with Crippen LogP contribution < -0.4 is 5.32 Å². The Kier molecular flexibility index (Phi) is 5.58. The fraction of sp³-hybridized carbons (Fsp3) is 0.647. The van der Waals surface area contributed by atoms with Gasteiger partial charge >= 0.3 is 0 Å². The third kappa shape index (κ3) is 3.22. The van der Waals surface area contributed by atoms with E-state index in [9.17, 15) is 0 Å². The van der Waals surface area contributed by atoms with Gasteiger partial charge in [-0.25, -0.2) is 0 Å². The number of aryl methyl sites for hydroxylation is 1. The van der Waals surface area contributed by atoms with E-state index in [0.29, 0.717) is 0 Å². The Morgan fingerprint density at radius 3 is 2.70 bits per heavy atom. The van der Waals surface area contributed by atoms with Crippen molar-refractivity contribution in [2.45, 2.75) is 44.2 Å². The Balaban J connectivity index is 2.27. The van der Waals surface area contributed by atoms with Gasteiger partial charge in [-0.1, -0.05) is 37.6 Å². The highest BCUT2D eigenvalue weighted by atomic mass is 16.5. The molecule has 0 aliphatic carbocycles. The maximum Gasteiger partial charge on any atom is 0.0916 e. The number of benzene rings is 1. The van der Waals surface area contributed by atoms with Crippen LogP contribution in [0.15, 0.2) is 24.3 Å². The molecule has 0 spiro atoms. The zero-order valence-corrected chi connectivity index (χ0v) is 12.9. The number of ether oxygens (including phenoxy) is 2. The minimum atomic E-state index is -0.155. The highest BCUT2D eigenvalue weighted by molar-refractivity contribution is 5.28. The Bertz CT molecular complexity index is 413. The van der Waals surface area contributed by atoms with E-state index in [-0.39, 0.29) is 11.6 Å². The first-order valence-corrected chi connectivity index (χ1v) is 7.64. The van der Waals surface area contributed by atoms with E-state index in [1.165, 1.54) is 17.5 Å². The van der Waals surface area contributed by atoms with Crippen LogP contribution in [-0.4, -0.2) is 33.0 Å². The Labute approximate surface area is 122 Å². The second-order valence-corrected chi connectivity index (χ2v) is 5.60. The quantitative estimate of drug-likeness (QED) is 0.866. The molecule has 0 saturated carbocycles. The molecule has 1 unspecified atom stereocenters. The van der Waals surface area contributed by atoms with Crippen molar-refractivity contribution in [2.24, 2.45) is 0 Å². The normalized spacial score (nSPS) is 19.8. The van der Waals surface area contributed by atoms with Crippen LogP contribution in [0, 0.1) is 0 Å². The molecule has 1 aromatic rings. The van der Waals surface area contributed by atoms with Crippen LogP contribution in [-0.2, 0) is 15.9 Å². The molecule has 0 radical (unpaired) electrons. The van der Waals surface area contributed by atoms with Crippen LogP contribution in [0.1, 0.15) is 43.4 Å². The maximum absolute atomic E-state index is 5.94. The van der Waals surface area contributed by atoms with Crippen molar-refractivity contribution in [3.05, 3.63) is 35.4 Å². The van der Waals surface area contributed by atoms with Gasteiger partial charge in [-0.15, -0.1) is 0 Å². The molecule has 1 aliphatic rings. The predicted octanol–water partition coefficient (Wildman–Crippen LogP) is 3.10. The summed E-state index contributed by atoms with van der Waals surface area (Å²) in [6, 6.07) is 9.11. The second kappa shape index (κ2) is 7.21. The molecule has 1 aromatic carbocycles. The Hall–Kier alpha value is -0.900. The van der Waals surface area contributed by atoms with Crippen molar-refractivity contribution in [3.8, 4) is 0 Å². The van der Waals surface area contributed by atoms with E-state index in [4.69, 9.17) is 9.47 Å². The zero-order chi connectivity index (χ0) is 14.4. The van der Waals surface area contributed by atoms with E-state index in [0.717, 1.165) is 32.5 Å². The van der Waals surface area contributed by atoms with Crippen LogP contribution in [0.2, 0.25) is 0 Å². The first kappa shape index (κ1) is 15.5. The fourth-order valence-electron chi connectivity index (χ4n) is 3.28. The lowest BCUT2D eigenvalue weighted by atomic mass is 9.81. The molecule has 3 nitrogen and oxygen atoms in total. The van der Waals surface area contributed by atoms with E-state index in [2.05, 4.69) is 36.5 Å². The molecule has 1 N–H and O–H groups in total. The third-order valence-electron chi connectivity index (χ3n) is 4.38. The van der Waals surface area contributed by atoms with Gasteiger partial charge in [0.05, 0.1) is 11.6 Å². The molecule has 20 heavy (non-hydrogen) atoms. The van der Waals surface area contributed by atoms with Crippen LogP contribution >= 0.6 is 0 Å². The summed E-state index contributed by atoms with van der Waals surface area (Å²) in [6.45, 7) is 3.78. The van der Waals surface area contributed by atoms with Crippen LogP contribution in [0.3, 0.4) is 0 Å². The standard InChI is InChI=1S/C17H27NO2/c1-4-6-14-7-5-8-15(13-14)16(18-2)17(19-3)9-11-20-12-10-17/h5,7-8,13,16,18H,4,6,9-12H2,1-3H3. The topological polar surface area (TPSA) is 30.5 Å². The van der Waals surface area contributed by atoms with Gasteiger partial charge in [-0.3, -0.25) is 0 Å². The zero-order valence-electron chi connectivity index (χ0n) is 12.9. The van der Waals surface area contributed by atoms with Crippen LogP contribution in [0.25, 0.3) is 0 Å². The molecule has 0 bridgehead atoms. The van der Waals surface area contributed by atoms with Crippen molar-refractivity contribution in [2.75, 3.05) is 27.4 Å². The van der Waals surface area contributed by atoms with Crippen molar-refractivity contribution in [1.29, 1.82) is 0 Å². The van der Waals surface area contributed by atoms with Crippen molar-refractivity contribution in [3.63, 3.8) is 0 Å². The van der Waals surface area contributed by atoms with Gasteiger partial charge in [0.25, 0.3) is 0 Å². The molecule has 1 fully saturated rings. The third-order valence-corrected chi connectivity index (χ3v) is 4.38. The highest BCUT2D eigenvalue weighted by Gasteiger charge is 2.40. The van der Waals surface area contributed by atoms with Crippen LogP contribution in [0.4, 0.5) is 0 Å². The molecular formula is C17H27NO2. The summed E-state index contributed by atoms with van der Waals surface area (Å²) in [5, 5.41) is 3.47. The average molecular weight is 277 g/mol. The minimum absolute atomic E-state index is 0.155. The number of likely N-dealkylation sites (N-methyl/N-ethyl adjacent to an activating group) is 1. The van der Waals surface area contributed by atoms with E-state index >= 15 is 0 Å². The van der Waals surface area contributed by atoms with Gasteiger partial charge in [0.1, 0.15) is 0 Å². The lowest BCUT2D eigenvalue weighted by molar-refractivity contribution is -0.110. The molecule has 1 atom stereocenters. The Morgan fingerprint density at radius 1 is 1.35 bits per heavy atom. The lowest BCUT2D eigenvalue weighted by Crippen LogP contribution is -2.48. The first-order valence-electron chi connectivity index (χ1n) is 7.64. The molecule has 2 rings (SSSR count).